The summed E-state index contributed by atoms with van der Waals surface area (Å²) < 4.78 is 0. The van der Waals surface area contributed by atoms with Gasteiger partial charge in [-0.15, -0.1) is 0 Å². The van der Waals surface area contributed by atoms with E-state index in [1.807, 2.05) is 0 Å². The molecule has 2 rings (SSSR count). The summed E-state index contributed by atoms with van der Waals surface area (Å²) in [5, 5.41) is 3.55. The van der Waals surface area contributed by atoms with Gasteiger partial charge in [-0.3, -0.25) is 4.90 Å². The molecule has 2 fully saturated rings. The lowest BCUT2D eigenvalue weighted by molar-refractivity contribution is 0.0721. The molecule has 2 nitrogen and oxygen atoms in total. The van der Waals surface area contributed by atoms with Crippen molar-refractivity contribution in [1.82, 2.24) is 10.2 Å². The molecular formula is C11H22N2. The monoisotopic (exact) mass is 182 g/mol. The molecule has 0 amide bonds. The van der Waals surface area contributed by atoms with Crippen LogP contribution < -0.4 is 5.32 Å². The largest absolute Gasteiger partial charge is 0.313 e. The zero-order valence-corrected chi connectivity index (χ0v) is 8.92. The van der Waals surface area contributed by atoms with E-state index >= 15 is 0 Å². The van der Waals surface area contributed by atoms with Crippen molar-refractivity contribution in [1.29, 1.82) is 0 Å². The third-order valence-corrected chi connectivity index (χ3v) is 3.67. The summed E-state index contributed by atoms with van der Waals surface area (Å²) in [6, 6.07) is 1.60. The first-order chi connectivity index (χ1) is 6.27. The van der Waals surface area contributed by atoms with Gasteiger partial charge in [0.15, 0.2) is 0 Å². The maximum atomic E-state index is 3.55. The van der Waals surface area contributed by atoms with Crippen molar-refractivity contribution in [3.05, 3.63) is 0 Å². The Morgan fingerprint density at radius 3 is 2.69 bits per heavy atom. The molecule has 0 aromatic rings. The third-order valence-electron chi connectivity index (χ3n) is 3.67. The molecule has 1 saturated carbocycles. The standard InChI is InChI=1S/C11H22N2/c1-9-4-5-11(9)13-7-3-6-12-10(2)8-13/h9-12H,3-8H2,1-2H3. The van der Waals surface area contributed by atoms with Crippen LogP contribution >= 0.6 is 0 Å². The van der Waals surface area contributed by atoms with E-state index in [2.05, 4.69) is 24.1 Å². The number of nitrogens with zero attached hydrogens (tertiary/aromatic N) is 1. The van der Waals surface area contributed by atoms with Gasteiger partial charge in [0.25, 0.3) is 0 Å². The van der Waals surface area contributed by atoms with Crippen LogP contribution in [0.1, 0.15) is 33.1 Å². The molecule has 2 heteroatoms. The Kier molecular flexibility index (Phi) is 2.89. The molecular weight excluding hydrogens is 160 g/mol. The smallest absolute Gasteiger partial charge is 0.0166 e. The Hall–Kier alpha value is -0.0800. The molecule has 0 aromatic heterocycles. The van der Waals surface area contributed by atoms with Crippen molar-refractivity contribution in [2.45, 2.75) is 45.2 Å². The molecule has 1 aliphatic carbocycles. The van der Waals surface area contributed by atoms with E-state index in [0.717, 1.165) is 12.0 Å². The second kappa shape index (κ2) is 3.97. The zero-order valence-electron chi connectivity index (χ0n) is 8.92. The van der Waals surface area contributed by atoms with Crippen molar-refractivity contribution >= 4 is 0 Å². The summed E-state index contributed by atoms with van der Waals surface area (Å²) in [5.41, 5.74) is 0. The zero-order chi connectivity index (χ0) is 9.26. The normalized spacial score (nSPS) is 42.5. The summed E-state index contributed by atoms with van der Waals surface area (Å²) in [4.78, 5) is 2.71. The predicted octanol–water partition coefficient (Wildman–Crippen LogP) is 1.47. The fraction of sp³-hybridized carbons (Fsp3) is 1.00. The minimum atomic E-state index is 0.690. The molecule has 1 aliphatic heterocycles. The number of rotatable bonds is 1. The average Bonchev–Trinajstić information content (AvgIpc) is 2.27. The number of hydrogen-bond donors (Lipinski definition) is 1. The molecule has 1 heterocycles. The Morgan fingerprint density at radius 1 is 1.23 bits per heavy atom. The molecule has 1 saturated heterocycles. The van der Waals surface area contributed by atoms with Gasteiger partial charge in [-0.05, 0) is 45.2 Å². The van der Waals surface area contributed by atoms with Crippen LogP contribution in [0.2, 0.25) is 0 Å². The van der Waals surface area contributed by atoms with Gasteiger partial charge in [0, 0.05) is 18.6 Å². The second-order valence-electron chi connectivity index (χ2n) is 4.83. The SMILES string of the molecule is CC1CN(C2CCC2C)CCCN1. The van der Waals surface area contributed by atoms with Crippen molar-refractivity contribution in [3.8, 4) is 0 Å². The summed E-state index contributed by atoms with van der Waals surface area (Å²) in [6.07, 6.45) is 4.21. The molecule has 0 radical (unpaired) electrons. The third kappa shape index (κ3) is 2.05. The molecule has 0 aromatic carbocycles. The highest BCUT2D eigenvalue weighted by Crippen LogP contribution is 2.31. The van der Waals surface area contributed by atoms with E-state index in [0.29, 0.717) is 6.04 Å². The minimum Gasteiger partial charge on any atom is -0.313 e. The van der Waals surface area contributed by atoms with Crippen LogP contribution in [0, 0.1) is 5.92 Å². The molecule has 0 spiro atoms. The fourth-order valence-corrected chi connectivity index (χ4v) is 2.63. The van der Waals surface area contributed by atoms with Crippen LogP contribution in [0.15, 0.2) is 0 Å². The summed E-state index contributed by atoms with van der Waals surface area (Å²) >= 11 is 0. The summed E-state index contributed by atoms with van der Waals surface area (Å²) in [7, 11) is 0. The molecule has 13 heavy (non-hydrogen) atoms. The van der Waals surface area contributed by atoms with Crippen LogP contribution in [0.3, 0.4) is 0 Å². The molecule has 76 valence electrons. The summed E-state index contributed by atoms with van der Waals surface area (Å²) in [5.74, 6) is 0.949. The van der Waals surface area contributed by atoms with Crippen LogP contribution in [-0.2, 0) is 0 Å². The van der Waals surface area contributed by atoms with E-state index < -0.39 is 0 Å². The fourth-order valence-electron chi connectivity index (χ4n) is 2.63. The van der Waals surface area contributed by atoms with Crippen molar-refractivity contribution in [3.63, 3.8) is 0 Å². The van der Waals surface area contributed by atoms with Gasteiger partial charge in [0.2, 0.25) is 0 Å². The maximum Gasteiger partial charge on any atom is 0.0166 e. The van der Waals surface area contributed by atoms with E-state index in [4.69, 9.17) is 0 Å². The van der Waals surface area contributed by atoms with Crippen molar-refractivity contribution < 1.29 is 0 Å². The number of hydrogen-bond acceptors (Lipinski definition) is 2. The highest BCUT2D eigenvalue weighted by atomic mass is 15.2. The van der Waals surface area contributed by atoms with Crippen LogP contribution in [0.25, 0.3) is 0 Å². The lowest BCUT2D eigenvalue weighted by atomic mass is 9.80. The summed E-state index contributed by atoms with van der Waals surface area (Å²) in [6.45, 7) is 8.49. The minimum absolute atomic E-state index is 0.690. The van der Waals surface area contributed by atoms with Gasteiger partial charge in [-0.2, -0.15) is 0 Å². The van der Waals surface area contributed by atoms with Crippen molar-refractivity contribution in [2.75, 3.05) is 19.6 Å². The molecule has 0 bridgehead atoms. The Balaban J connectivity index is 1.89. The van der Waals surface area contributed by atoms with Gasteiger partial charge < -0.3 is 5.32 Å². The van der Waals surface area contributed by atoms with E-state index in [9.17, 15) is 0 Å². The van der Waals surface area contributed by atoms with E-state index in [1.165, 1.54) is 38.9 Å². The van der Waals surface area contributed by atoms with E-state index in [1.54, 1.807) is 0 Å². The van der Waals surface area contributed by atoms with Crippen LogP contribution in [0.4, 0.5) is 0 Å². The maximum absolute atomic E-state index is 3.55. The highest BCUT2D eigenvalue weighted by molar-refractivity contribution is 4.88. The molecule has 3 unspecified atom stereocenters. The topological polar surface area (TPSA) is 15.3 Å². The average molecular weight is 182 g/mol. The number of nitrogens with one attached hydrogen (secondary N) is 1. The molecule has 3 atom stereocenters. The van der Waals surface area contributed by atoms with Gasteiger partial charge in [-0.1, -0.05) is 6.92 Å². The van der Waals surface area contributed by atoms with Crippen molar-refractivity contribution in [2.24, 2.45) is 5.92 Å². The lowest BCUT2D eigenvalue weighted by Gasteiger charge is -2.43. The Morgan fingerprint density at radius 2 is 2.08 bits per heavy atom. The van der Waals surface area contributed by atoms with Gasteiger partial charge in [-0.25, -0.2) is 0 Å². The van der Waals surface area contributed by atoms with E-state index in [-0.39, 0.29) is 0 Å². The van der Waals surface area contributed by atoms with Gasteiger partial charge >= 0.3 is 0 Å². The second-order valence-corrected chi connectivity index (χ2v) is 4.83. The van der Waals surface area contributed by atoms with Crippen LogP contribution in [-0.4, -0.2) is 36.6 Å². The predicted molar refractivity (Wildman–Crippen MR) is 55.8 cm³/mol. The first kappa shape index (κ1) is 9.47. The first-order valence-corrected chi connectivity index (χ1v) is 5.75. The van der Waals surface area contributed by atoms with Crippen LogP contribution in [0.5, 0.6) is 0 Å². The Bertz CT molecular complexity index is 169. The first-order valence-electron chi connectivity index (χ1n) is 5.75. The molecule has 2 aliphatic rings. The van der Waals surface area contributed by atoms with Gasteiger partial charge in [0.05, 0.1) is 0 Å². The highest BCUT2D eigenvalue weighted by Gasteiger charge is 2.32. The molecule has 1 N–H and O–H groups in total. The quantitative estimate of drug-likeness (QED) is 0.660. The Labute approximate surface area is 81.7 Å². The lowest BCUT2D eigenvalue weighted by Crippen LogP contribution is -2.49. The van der Waals surface area contributed by atoms with Gasteiger partial charge in [0.1, 0.15) is 0 Å².